The summed E-state index contributed by atoms with van der Waals surface area (Å²) in [5, 5.41) is 42.0. The second-order valence-corrected chi connectivity index (χ2v) is 34.2. The van der Waals surface area contributed by atoms with Gasteiger partial charge >= 0.3 is 5.97 Å². The van der Waals surface area contributed by atoms with Crippen LogP contribution in [0.3, 0.4) is 0 Å². The molecule has 114 heavy (non-hydrogen) atoms. The van der Waals surface area contributed by atoms with Gasteiger partial charge in [0.05, 0.1) is 24.2 Å². The molecule has 32 nitrogen and oxygen atoms in total. The predicted octanol–water partition coefficient (Wildman–Crippen LogP) is 3.06. The molecular weight excluding hydrogens is 1520 g/mol. The molecule has 0 aliphatic carbocycles. The minimum atomic E-state index is -1.64. The number of nitrogens with two attached hydrogens (primary N) is 8. The SMILES string of the molecule is CC(=O)N[C@@H](CS)C(=O)C[C@H](CCCN=C(N)N)C(=O)N[C@@H](CCCN=C(N)N)C(=O)C[C@@H](CCCN=C(N)N)C(=O)N[C@@H](Cc1ccc2ccccc2c1)C(=O)C[C@@H](Cc1csc2ccccc12)C(=O)N[C@H](C(=O)C[C@H](C(=O)N[C@H](C(=O)C[C@@H](CCCN=C(N)N)C(=O)N[C@H](C(=O)O)C(C)(C)C)[C@@H](C)O)C(C)(C)C)C(C)(C)S. The van der Waals surface area contributed by atoms with Crippen LogP contribution in [-0.4, -0.2) is 183 Å². The zero-order valence-corrected chi connectivity index (χ0v) is 69.6. The Hall–Kier alpha value is -9.74. The molecule has 0 spiro atoms. The van der Waals surface area contributed by atoms with Crippen LogP contribution in [0.15, 0.2) is 92.1 Å². The van der Waals surface area contributed by atoms with E-state index in [2.05, 4.69) is 64.5 Å². The molecule has 1 aromatic heterocycles. The molecule has 3 aromatic carbocycles. The van der Waals surface area contributed by atoms with Crippen molar-refractivity contribution < 1.29 is 67.7 Å². The fourth-order valence-corrected chi connectivity index (χ4v) is 14.7. The van der Waals surface area contributed by atoms with E-state index >= 15 is 24.0 Å². The largest absolute Gasteiger partial charge is 0.480 e. The van der Waals surface area contributed by atoms with Gasteiger partial charge < -0.3 is 88.0 Å². The van der Waals surface area contributed by atoms with Crippen LogP contribution >= 0.6 is 36.6 Å². The molecule has 0 aliphatic rings. The number of nitrogens with zero attached hydrogens (tertiary/aromatic N) is 4. The lowest BCUT2D eigenvalue weighted by Crippen LogP contribution is -2.56. The van der Waals surface area contributed by atoms with Gasteiger partial charge in [-0.25, -0.2) is 4.79 Å². The van der Waals surface area contributed by atoms with Gasteiger partial charge in [0.1, 0.15) is 18.1 Å². The number of thiol groups is 2. The van der Waals surface area contributed by atoms with Crippen molar-refractivity contribution >= 4 is 152 Å². The minimum absolute atomic E-state index is 0.00664. The summed E-state index contributed by atoms with van der Waals surface area (Å²) >= 11 is 10.5. The number of fused-ring (bicyclic) bond motifs is 2. The highest BCUT2D eigenvalue weighted by Crippen LogP contribution is 2.34. The molecule has 1 heterocycles. The van der Waals surface area contributed by atoms with Crippen LogP contribution < -0.4 is 77.8 Å². The number of carbonyl (C=O) groups excluding carboxylic acids is 11. The first-order valence-corrected chi connectivity index (χ1v) is 40.1. The number of guanidine groups is 4. The zero-order chi connectivity index (χ0) is 85.5. The summed E-state index contributed by atoms with van der Waals surface area (Å²) in [7, 11) is 0. The standard InChI is InChI=1S/C79H120N18O14S3/c1-43(98)64(61(103)38-50(23-17-31-90-75(84)85)69(107)97-66(72(110)111)78(6,7)8)95-71(109)54(77(3,4)5)40-62(104)65(79(9,10)113)96-70(108)51(35-52-42-114-63-26-14-13-24-53(52)63)39-59(101)56(34-45-27-28-46-19-11-12-20-47(46)33-45)94-68(106)48(21-15-29-88-73(80)81)36-58(100)55(25-18-32-91-76(86)87)93-67(105)49(22-16-30-89-74(82)83)37-60(102)57(41-112)92-44(2)99/h11-14,19-20,24,26-28,33,42-43,48-51,54-57,64-66,98,112-113H,15-18,21-23,25,29-32,34-41H2,1-10H3,(H,92,99)(H,93,105)(H,94,106)(H,95,109)(H,96,108)(H,97,107)(H,110,111)(H4,80,81,88)(H4,82,83,89)(H4,84,85,90)(H4,86,87,91)/t43-,48-,49+,50-,51-,54-,55+,56+,57+,64+,65-,66-/m1/s1. The molecule has 4 rings (SSSR count). The molecule has 4 aromatic rings. The monoisotopic (exact) mass is 1640 g/mol. The third kappa shape index (κ3) is 33.0. The van der Waals surface area contributed by atoms with E-state index in [1.165, 1.54) is 25.2 Å². The molecule has 0 unspecified atom stereocenters. The highest BCUT2D eigenvalue weighted by molar-refractivity contribution is 7.81. The summed E-state index contributed by atoms with van der Waals surface area (Å²) < 4.78 is -0.512. The Balaban J connectivity index is 1.82. The Labute approximate surface area is 681 Å². The van der Waals surface area contributed by atoms with Crippen LogP contribution in [-0.2, 0) is 70.4 Å². The lowest BCUT2D eigenvalue weighted by atomic mass is 9.75. The van der Waals surface area contributed by atoms with Gasteiger partial charge in [0.2, 0.25) is 35.4 Å². The fraction of sp³-hybridized carbons (Fsp3) is 0.570. The van der Waals surface area contributed by atoms with E-state index in [1.54, 1.807) is 61.5 Å². The number of nitrogens with one attached hydrogen (secondary N) is 6. The van der Waals surface area contributed by atoms with Crippen LogP contribution in [0.4, 0.5) is 0 Å². The number of Topliss-reactive ketones (excluding diaryl/α,β-unsaturated/α-hetero) is 5. The van der Waals surface area contributed by atoms with Gasteiger partial charge in [0, 0.05) is 110 Å². The fourth-order valence-electron chi connectivity index (χ4n) is 13.2. The minimum Gasteiger partial charge on any atom is -0.480 e. The normalized spacial score (nSPS) is 14.9. The summed E-state index contributed by atoms with van der Waals surface area (Å²) in [5.41, 5.74) is 44.3. The number of thiophene rings is 1. The predicted molar refractivity (Wildman–Crippen MR) is 451 cm³/mol. The number of carbonyl (C=O) groups is 12. The van der Waals surface area contributed by atoms with E-state index in [0.29, 0.717) is 11.1 Å². The molecule has 0 fully saturated rings. The zero-order valence-electron chi connectivity index (χ0n) is 67.0. The van der Waals surface area contributed by atoms with Crippen LogP contribution in [0, 0.1) is 40.4 Å². The lowest BCUT2D eigenvalue weighted by Gasteiger charge is -2.35. The van der Waals surface area contributed by atoms with Gasteiger partial charge in [-0.1, -0.05) is 102 Å². The number of hydrogen-bond donors (Lipinski definition) is 18. The topological polar surface area (TPSA) is 575 Å². The van der Waals surface area contributed by atoms with Crippen molar-refractivity contribution in [3.05, 3.63) is 83.2 Å². The van der Waals surface area contributed by atoms with E-state index in [9.17, 15) is 43.8 Å². The van der Waals surface area contributed by atoms with Crippen molar-refractivity contribution in [2.24, 2.45) is 106 Å². The Morgan fingerprint density at radius 3 is 1.39 bits per heavy atom. The number of aliphatic hydroxyl groups excluding tert-OH is 1. The Morgan fingerprint density at radius 2 is 0.912 bits per heavy atom. The number of amides is 6. The maximum atomic E-state index is 15.8. The lowest BCUT2D eigenvalue weighted by molar-refractivity contribution is -0.146. The number of ketones is 5. The van der Waals surface area contributed by atoms with Gasteiger partial charge in [-0.15, -0.1) is 11.3 Å². The van der Waals surface area contributed by atoms with Crippen molar-refractivity contribution in [1.29, 1.82) is 0 Å². The van der Waals surface area contributed by atoms with Crippen LogP contribution in [0.1, 0.15) is 164 Å². The number of carboxylic acids is 1. The summed E-state index contributed by atoms with van der Waals surface area (Å²) in [5.74, 6) is -15.9. The van der Waals surface area contributed by atoms with E-state index in [0.717, 1.165) is 20.9 Å². The van der Waals surface area contributed by atoms with E-state index < -0.39 is 184 Å². The van der Waals surface area contributed by atoms with Gasteiger partial charge in [-0.05, 0) is 135 Å². The molecule has 0 bridgehead atoms. The first-order valence-electron chi connectivity index (χ1n) is 38.1. The summed E-state index contributed by atoms with van der Waals surface area (Å²) in [4.78, 5) is 189. The van der Waals surface area contributed by atoms with Crippen molar-refractivity contribution in [3.63, 3.8) is 0 Å². The number of benzene rings is 3. The van der Waals surface area contributed by atoms with Crippen LogP contribution in [0.2, 0.25) is 0 Å². The molecular formula is C79H120N18O14S3. The van der Waals surface area contributed by atoms with Crippen LogP contribution in [0.25, 0.3) is 20.9 Å². The molecule has 0 saturated heterocycles. The third-order valence-electron chi connectivity index (χ3n) is 19.5. The highest BCUT2D eigenvalue weighted by Gasteiger charge is 2.44. The number of hydrogen-bond acceptors (Lipinski definition) is 20. The average Bonchev–Trinajstić information content (AvgIpc) is 1.55. The number of carboxylic acid groups (broad SMARTS) is 1. The number of rotatable bonds is 50. The molecule has 24 N–H and O–H groups in total. The second-order valence-electron chi connectivity index (χ2n) is 31.7. The molecule has 6 amide bonds. The molecule has 0 saturated carbocycles. The first kappa shape index (κ1) is 96.6. The average molecular weight is 1640 g/mol. The van der Waals surface area contributed by atoms with Crippen molar-refractivity contribution in [2.75, 3.05) is 31.9 Å². The maximum absolute atomic E-state index is 15.8. The molecule has 628 valence electrons. The Morgan fingerprint density at radius 1 is 0.474 bits per heavy atom. The van der Waals surface area contributed by atoms with Crippen molar-refractivity contribution in [2.45, 2.75) is 213 Å². The Kier molecular flexibility index (Phi) is 39.0. The summed E-state index contributed by atoms with van der Waals surface area (Å²) in [6.07, 6.45) is -3.71. The summed E-state index contributed by atoms with van der Waals surface area (Å²) in [6, 6.07) is 12.2. The third-order valence-corrected chi connectivity index (χ3v) is 21.1. The highest BCUT2D eigenvalue weighted by atomic mass is 32.1. The Bertz CT molecular complexity index is 4110. The number of aliphatic imine (C=N–C) groups is 4. The molecule has 35 heteroatoms. The van der Waals surface area contributed by atoms with Crippen molar-refractivity contribution in [3.8, 4) is 0 Å². The van der Waals surface area contributed by atoms with Gasteiger partial charge in [-0.2, -0.15) is 25.3 Å². The quantitative estimate of drug-likeness (QED) is 0.0131. The van der Waals surface area contributed by atoms with E-state index in [4.69, 9.17) is 58.5 Å². The van der Waals surface area contributed by atoms with E-state index in [1.807, 2.05) is 66.0 Å². The number of aliphatic hydroxyl groups is 1. The first-order chi connectivity index (χ1) is 53.3. The smallest absolute Gasteiger partial charge is 0.326 e. The van der Waals surface area contributed by atoms with Crippen LogP contribution in [0.5, 0.6) is 0 Å². The molecule has 0 radical (unpaired) electrons. The summed E-state index contributed by atoms with van der Waals surface area (Å²) in [6.45, 7) is 15.7. The van der Waals surface area contributed by atoms with Gasteiger partial charge in [-0.3, -0.25) is 72.7 Å². The van der Waals surface area contributed by atoms with E-state index in [-0.39, 0.29) is 126 Å². The molecule has 12 atom stereocenters. The second kappa shape index (κ2) is 46.0. The van der Waals surface area contributed by atoms with Gasteiger partial charge in [0.15, 0.2) is 52.8 Å². The van der Waals surface area contributed by atoms with Crippen molar-refractivity contribution in [1.82, 2.24) is 31.9 Å². The van der Waals surface area contributed by atoms with Gasteiger partial charge in [0.25, 0.3) is 0 Å². The number of aliphatic carboxylic acids is 1. The molecule has 0 aliphatic heterocycles. The maximum Gasteiger partial charge on any atom is 0.326 e.